The van der Waals surface area contributed by atoms with E-state index in [1.165, 1.54) is 7.11 Å². The lowest BCUT2D eigenvalue weighted by Gasteiger charge is -2.29. The molecule has 1 aliphatic heterocycles. The van der Waals surface area contributed by atoms with Gasteiger partial charge in [-0.15, -0.1) is 0 Å². The van der Waals surface area contributed by atoms with Gasteiger partial charge >= 0.3 is 0 Å². The zero-order valence-corrected chi connectivity index (χ0v) is 11.8. The molecule has 106 valence electrons. The van der Waals surface area contributed by atoms with Crippen LogP contribution in [0, 0.1) is 17.2 Å². The highest BCUT2D eigenvalue weighted by Crippen LogP contribution is 2.26. The Hall–Kier alpha value is -2.06. The van der Waals surface area contributed by atoms with E-state index in [1.54, 1.807) is 18.2 Å². The molecule has 2 unspecified atom stereocenters. The van der Waals surface area contributed by atoms with Crippen LogP contribution in [0.4, 0.5) is 5.69 Å². The van der Waals surface area contributed by atoms with Crippen molar-refractivity contribution in [2.45, 2.75) is 25.8 Å². The number of hydrogen-bond donors (Lipinski definition) is 2. The molecule has 1 aromatic carbocycles. The molecule has 1 amide bonds. The molecule has 2 rings (SSSR count). The molecule has 1 saturated heterocycles. The Kier molecular flexibility index (Phi) is 4.59. The Morgan fingerprint density at radius 3 is 3.00 bits per heavy atom. The molecule has 0 radical (unpaired) electrons. The van der Waals surface area contributed by atoms with Crippen LogP contribution in [0.2, 0.25) is 0 Å². The quantitative estimate of drug-likeness (QED) is 0.882. The van der Waals surface area contributed by atoms with E-state index in [-0.39, 0.29) is 11.9 Å². The van der Waals surface area contributed by atoms with Gasteiger partial charge in [-0.05, 0) is 37.4 Å². The van der Waals surface area contributed by atoms with Crippen molar-refractivity contribution >= 4 is 11.6 Å². The number of anilines is 1. The molecular formula is C15H19N3O2. The van der Waals surface area contributed by atoms with E-state index in [0.717, 1.165) is 19.4 Å². The van der Waals surface area contributed by atoms with E-state index >= 15 is 0 Å². The van der Waals surface area contributed by atoms with E-state index in [1.807, 2.05) is 6.07 Å². The predicted octanol–water partition coefficient (Wildman–Crippen LogP) is 1.89. The fourth-order valence-electron chi connectivity index (χ4n) is 2.48. The van der Waals surface area contributed by atoms with Crippen LogP contribution >= 0.6 is 0 Å². The van der Waals surface area contributed by atoms with Crippen molar-refractivity contribution in [3.8, 4) is 11.8 Å². The van der Waals surface area contributed by atoms with Gasteiger partial charge in [-0.3, -0.25) is 4.79 Å². The molecule has 20 heavy (non-hydrogen) atoms. The summed E-state index contributed by atoms with van der Waals surface area (Å²) in [7, 11) is 1.52. The first-order valence-corrected chi connectivity index (χ1v) is 6.78. The largest absolute Gasteiger partial charge is 0.495 e. The maximum atomic E-state index is 12.3. The predicted molar refractivity (Wildman–Crippen MR) is 76.5 cm³/mol. The number of rotatable bonds is 3. The van der Waals surface area contributed by atoms with Crippen LogP contribution in [0.1, 0.15) is 25.3 Å². The van der Waals surface area contributed by atoms with Crippen LogP contribution < -0.4 is 15.4 Å². The molecule has 1 heterocycles. The highest BCUT2D eigenvalue weighted by atomic mass is 16.5. The molecule has 1 fully saturated rings. The van der Waals surface area contributed by atoms with Gasteiger partial charge in [0.1, 0.15) is 5.75 Å². The minimum atomic E-state index is -0.177. The summed E-state index contributed by atoms with van der Waals surface area (Å²) in [5, 5.41) is 15.0. The molecule has 0 aliphatic carbocycles. The summed E-state index contributed by atoms with van der Waals surface area (Å²) < 4.78 is 5.22. The molecule has 0 saturated carbocycles. The lowest BCUT2D eigenvalue weighted by Crippen LogP contribution is -2.48. The van der Waals surface area contributed by atoms with Gasteiger partial charge in [-0.2, -0.15) is 5.26 Å². The first-order chi connectivity index (χ1) is 9.65. The van der Waals surface area contributed by atoms with Crippen LogP contribution in [0.25, 0.3) is 0 Å². The molecule has 2 atom stereocenters. The number of piperidine rings is 1. The Morgan fingerprint density at radius 2 is 2.35 bits per heavy atom. The number of hydrogen-bond acceptors (Lipinski definition) is 4. The SMILES string of the molecule is COc1cc(C#N)ccc1NC(=O)C1NCCCC1C. The second kappa shape index (κ2) is 6.40. The van der Waals surface area contributed by atoms with Crippen LogP contribution in [-0.2, 0) is 4.79 Å². The Morgan fingerprint density at radius 1 is 1.55 bits per heavy atom. The number of amides is 1. The normalized spacial score (nSPS) is 21.9. The number of nitrogens with zero attached hydrogens (tertiary/aromatic N) is 1. The Bertz CT molecular complexity index is 536. The van der Waals surface area contributed by atoms with Crippen molar-refractivity contribution in [3.05, 3.63) is 23.8 Å². The molecule has 0 bridgehead atoms. The number of ether oxygens (including phenoxy) is 1. The zero-order valence-electron chi connectivity index (χ0n) is 11.8. The van der Waals surface area contributed by atoms with Crippen LogP contribution in [0.5, 0.6) is 5.75 Å². The molecule has 2 N–H and O–H groups in total. The molecule has 0 aromatic heterocycles. The highest BCUT2D eigenvalue weighted by Gasteiger charge is 2.27. The Labute approximate surface area is 118 Å². The van der Waals surface area contributed by atoms with Crippen molar-refractivity contribution in [1.82, 2.24) is 5.32 Å². The monoisotopic (exact) mass is 273 g/mol. The third kappa shape index (κ3) is 3.09. The molecule has 1 aliphatic rings. The third-order valence-corrected chi connectivity index (χ3v) is 3.64. The lowest BCUT2D eigenvalue weighted by atomic mass is 9.92. The summed E-state index contributed by atoms with van der Waals surface area (Å²) in [6.07, 6.45) is 2.15. The van der Waals surface area contributed by atoms with Gasteiger partial charge in [0.15, 0.2) is 0 Å². The number of benzene rings is 1. The minimum absolute atomic E-state index is 0.0554. The number of carbonyl (C=O) groups excluding carboxylic acids is 1. The second-order valence-corrected chi connectivity index (χ2v) is 5.07. The molecule has 1 aromatic rings. The van der Waals surface area contributed by atoms with Gasteiger partial charge in [0.05, 0.1) is 30.5 Å². The van der Waals surface area contributed by atoms with Gasteiger partial charge in [-0.1, -0.05) is 6.92 Å². The first-order valence-electron chi connectivity index (χ1n) is 6.78. The van der Waals surface area contributed by atoms with Crippen molar-refractivity contribution in [3.63, 3.8) is 0 Å². The third-order valence-electron chi connectivity index (χ3n) is 3.64. The number of carbonyl (C=O) groups is 1. The fraction of sp³-hybridized carbons (Fsp3) is 0.467. The summed E-state index contributed by atoms with van der Waals surface area (Å²) >= 11 is 0. The van der Waals surface area contributed by atoms with Gasteiger partial charge in [0, 0.05) is 6.07 Å². The average molecular weight is 273 g/mol. The van der Waals surface area contributed by atoms with E-state index in [2.05, 4.69) is 17.6 Å². The average Bonchev–Trinajstić information content (AvgIpc) is 2.48. The van der Waals surface area contributed by atoms with Crippen molar-refractivity contribution < 1.29 is 9.53 Å². The van der Waals surface area contributed by atoms with Gasteiger partial charge < -0.3 is 15.4 Å². The summed E-state index contributed by atoms with van der Waals surface area (Å²) in [6.45, 7) is 2.94. The molecule has 5 heteroatoms. The summed E-state index contributed by atoms with van der Waals surface area (Å²) in [4.78, 5) is 12.3. The van der Waals surface area contributed by atoms with Gasteiger partial charge in [-0.25, -0.2) is 0 Å². The van der Waals surface area contributed by atoms with E-state index < -0.39 is 0 Å². The number of nitrogens with one attached hydrogen (secondary N) is 2. The van der Waals surface area contributed by atoms with Gasteiger partial charge in [0.2, 0.25) is 5.91 Å². The summed E-state index contributed by atoms with van der Waals surface area (Å²) in [6, 6.07) is 6.85. The number of nitriles is 1. The van der Waals surface area contributed by atoms with Crippen LogP contribution in [0.3, 0.4) is 0 Å². The van der Waals surface area contributed by atoms with E-state index in [0.29, 0.717) is 22.9 Å². The molecule has 5 nitrogen and oxygen atoms in total. The van der Waals surface area contributed by atoms with Gasteiger partial charge in [0.25, 0.3) is 0 Å². The molecule has 0 spiro atoms. The van der Waals surface area contributed by atoms with Crippen molar-refractivity contribution in [2.24, 2.45) is 5.92 Å². The zero-order chi connectivity index (χ0) is 14.5. The number of methoxy groups -OCH3 is 1. The highest BCUT2D eigenvalue weighted by molar-refractivity contribution is 5.96. The second-order valence-electron chi connectivity index (χ2n) is 5.07. The smallest absolute Gasteiger partial charge is 0.241 e. The van der Waals surface area contributed by atoms with Crippen molar-refractivity contribution in [2.75, 3.05) is 19.0 Å². The Balaban J connectivity index is 2.13. The van der Waals surface area contributed by atoms with Crippen LogP contribution in [-0.4, -0.2) is 25.6 Å². The van der Waals surface area contributed by atoms with E-state index in [4.69, 9.17) is 10.00 Å². The van der Waals surface area contributed by atoms with E-state index in [9.17, 15) is 4.79 Å². The minimum Gasteiger partial charge on any atom is -0.495 e. The standard InChI is InChI=1S/C15H19N3O2/c1-10-4-3-7-17-14(10)15(19)18-12-6-5-11(9-16)8-13(12)20-2/h5-6,8,10,14,17H,3-4,7H2,1-2H3,(H,18,19). The van der Waals surface area contributed by atoms with Crippen molar-refractivity contribution in [1.29, 1.82) is 5.26 Å². The van der Waals surface area contributed by atoms with Crippen LogP contribution in [0.15, 0.2) is 18.2 Å². The maximum Gasteiger partial charge on any atom is 0.241 e. The lowest BCUT2D eigenvalue weighted by molar-refractivity contribution is -0.119. The maximum absolute atomic E-state index is 12.3. The molecular weight excluding hydrogens is 254 g/mol. The topological polar surface area (TPSA) is 74.1 Å². The fourth-order valence-corrected chi connectivity index (χ4v) is 2.48. The first kappa shape index (κ1) is 14.4. The summed E-state index contributed by atoms with van der Waals surface area (Å²) in [5.41, 5.74) is 1.10. The summed E-state index contributed by atoms with van der Waals surface area (Å²) in [5.74, 6) is 0.759.